The number of fused-ring (bicyclic) bond motifs is 1. The van der Waals surface area contributed by atoms with Crippen molar-refractivity contribution in [2.24, 2.45) is 11.8 Å². The van der Waals surface area contributed by atoms with Crippen molar-refractivity contribution in [2.75, 3.05) is 4.90 Å². The molecule has 0 radical (unpaired) electrons. The number of rotatable bonds is 3. The minimum atomic E-state index is -0.725. The zero-order valence-corrected chi connectivity index (χ0v) is 14.3. The number of ether oxygens (including phenoxy) is 1. The summed E-state index contributed by atoms with van der Waals surface area (Å²) in [7, 11) is 0. The lowest BCUT2D eigenvalue weighted by molar-refractivity contribution is -0.122. The lowest BCUT2D eigenvalue weighted by Gasteiger charge is -2.18. The highest BCUT2D eigenvalue weighted by Gasteiger charge is 2.48. The van der Waals surface area contributed by atoms with Crippen LogP contribution in [0.4, 0.5) is 5.69 Å². The van der Waals surface area contributed by atoms with Crippen LogP contribution in [0.2, 0.25) is 5.02 Å². The lowest BCUT2D eigenvalue weighted by atomic mass is 9.85. The predicted octanol–water partition coefficient (Wildman–Crippen LogP) is 3.61. The van der Waals surface area contributed by atoms with Gasteiger partial charge in [-0.3, -0.25) is 9.59 Å². The Morgan fingerprint density at radius 2 is 1.81 bits per heavy atom. The highest BCUT2D eigenvalue weighted by molar-refractivity contribution is 6.31. The molecule has 0 N–H and O–H groups in total. The summed E-state index contributed by atoms with van der Waals surface area (Å²) in [6.07, 6.45) is 6.21. The standard InChI is InChI=1S/C19H14ClNO5/c20-11-7-8-15(26-19(24)16-6-3-9-25-16)14(10-11)21-17(22)12-4-1-2-5-13(12)18(21)23/h1-3,6-10,12-13H,4-5H2/t12-,13+. The smallest absolute Gasteiger partial charge is 0.379 e. The molecule has 1 aliphatic carbocycles. The molecule has 1 saturated heterocycles. The first kappa shape index (κ1) is 16.6. The summed E-state index contributed by atoms with van der Waals surface area (Å²) in [5.74, 6) is -2.02. The predicted molar refractivity (Wildman–Crippen MR) is 93.0 cm³/mol. The number of allylic oxidation sites excluding steroid dienone is 2. The Hall–Kier alpha value is -2.86. The number of halogens is 1. The van der Waals surface area contributed by atoms with Gasteiger partial charge < -0.3 is 9.15 Å². The van der Waals surface area contributed by atoms with E-state index in [0.29, 0.717) is 17.9 Å². The van der Waals surface area contributed by atoms with Gasteiger partial charge in [0.15, 0.2) is 5.75 Å². The molecule has 4 rings (SSSR count). The third kappa shape index (κ3) is 2.72. The third-order valence-corrected chi connectivity index (χ3v) is 4.83. The molecule has 2 aromatic rings. The fraction of sp³-hybridized carbons (Fsp3) is 0.211. The summed E-state index contributed by atoms with van der Waals surface area (Å²) in [6, 6.07) is 7.45. The summed E-state index contributed by atoms with van der Waals surface area (Å²) in [6.45, 7) is 0. The van der Waals surface area contributed by atoms with Crippen molar-refractivity contribution in [3.63, 3.8) is 0 Å². The first-order valence-corrected chi connectivity index (χ1v) is 8.52. The molecular formula is C19H14ClNO5. The van der Waals surface area contributed by atoms with E-state index < -0.39 is 5.97 Å². The van der Waals surface area contributed by atoms with Gasteiger partial charge in [0.05, 0.1) is 23.8 Å². The number of esters is 1. The van der Waals surface area contributed by atoms with E-state index in [9.17, 15) is 14.4 Å². The van der Waals surface area contributed by atoms with Crippen LogP contribution in [-0.4, -0.2) is 17.8 Å². The van der Waals surface area contributed by atoms with Crippen molar-refractivity contribution in [1.29, 1.82) is 0 Å². The summed E-state index contributed by atoms with van der Waals surface area (Å²) in [5.41, 5.74) is 0.168. The maximum absolute atomic E-state index is 12.8. The highest BCUT2D eigenvalue weighted by atomic mass is 35.5. The summed E-state index contributed by atoms with van der Waals surface area (Å²) in [4.78, 5) is 38.9. The number of anilines is 1. The molecule has 7 heteroatoms. The molecule has 2 heterocycles. The largest absolute Gasteiger partial charge is 0.457 e. The third-order valence-electron chi connectivity index (χ3n) is 4.59. The fourth-order valence-corrected chi connectivity index (χ4v) is 3.50. The average Bonchev–Trinajstić information content (AvgIpc) is 3.25. The van der Waals surface area contributed by atoms with Crippen molar-refractivity contribution < 1.29 is 23.5 Å². The number of furan rings is 1. The van der Waals surface area contributed by atoms with E-state index in [1.807, 2.05) is 12.2 Å². The molecule has 2 amide bonds. The highest BCUT2D eigenvalue weighted by Crippen LogP contribution is 2.41. The van der Waals surface area contributed by atoms with Gasteiger partial charge in [-0.1, -0.05) is 23.8 Å². The van der Waals surface area contributed by atoms with Gasteiger partial charge in [-0.15, -0.1) is 0 Å². The fourth-order valence-electron chi connectivity index (χ4n) is 3.33. The van der Waals surface area contributed by atoms with Crippen LogP contribution in [0.15, 0.2) is 53.2 Å². The molecule has 0 unspecified atom stereocenters. The molecule has 2 aliphatic rings. The molecule has 1 aromatic heterocycles. The zero-order valence-electron chi connectivity index (χ0n) is 13.6. The van der Waals surface area contributed by atoms with Crippen LogP contribution in [0.25, 0.3) is 0 Å². The molecule has 2 atom stereocenters. The number of hydrogen-bond donors (Lipinski definition) is 0. The maximum atomic E-state index is 12.8. The Kier molecular flexibility index (Phi) is 4.12. The van der Waals surface area contributed by atoms with Gasteiger partial charge in [0.25, 0.3) is 0 Å². The van der Waals surface area contributed by atoms with Crippen LogP contribution in [0.1, 0.15) is 23.4 Å². The second-order valence-corrected chi connectivity index (χ2v) is 6.58. The van der Waals surface area contributed by atoms with E-state index in [2.05, 4.69) is 0 Å². The minimum Gasteiger partial charge on any atom is -0.457 e. The molecule has 0 saturated carbocycles. The topological polar surface area (TPSA) is 76.8 Å². The van der Waals surface area contributed by atoms with Crippen molar-refractivity contribution in [1.82, 2.24) is 0 Å². The summed E-state index contributed by atoms with van der Waals surface area (Å²) < 4.78 is 10.4. The first-order valence-electron chi connectivity index (χ1n) is 8.14. The molecule has 0 bridgehead atoms. The Balaban J connectivity index is 1.70. The van der Waals surface area contributed by atoms with Crippen LogP contribution >= 0.6 is 11.6 Å². The SMILES string of the molecule is O=C(Oc1ccc(Cl)cc1N1C(=O)[C@H]2CC=CC[C@H]2C1=O)c1ccco1. The van der Waals surface area contributed by atoms with Gasteiger partial charge in [0.1, 0.15) is 0 Å². The Bertz CT molecular complexity index is 892. The van der Waals surface area contributed by atoms with Crippen LogP contribution in [0, 0.1) is 11.8 Å². The molecule has 132 valence electrons. The average molecular weight is 372 g/mol. The molecule has 26 heavy (non-hydrogen) atoms. The van der Waals surface area contributed by atoms with Gasteiger partial charge in [-0.05, 0) is 43.2 Å². The van der Waals surface area contributed by atoms with Gasteiger partial charge in [0, 0.05) is 5.02 Å². The lowest BCUT2D eigenvalue weighted by Crippen LogP contribution is -2.31. The van der Waals surface area contributed by atoms with E-state index in [0.717, 1.165) is 4.90 Å². The number of nitrogens with zero attached hydrogens (tertiary/aromatic N) is 1. The maximum Gasteiger partial charge on any atom is 0.379 e. The monoisotopic (exact) mass is 371 g/mol. The molecule has 1 fully saturated rings. The second-order valence-electron chi connectivity index (χ2n) is 6.15. The summed E-state index contributed by atoms with van der Waals surface area (Å²) >= 11 is 6.06. The number of benzene rings is 1. The van der Waals surface area contributed by atoms with Crippen molar-refractivity contribution in [2.45, 2.75) is 12.8 Å². The van der Waals surface area contributed by atoms with Gasteiger partial charge in [-0.25, -0.2) is 9.69 Å². The molecule has 6 nitrogen and oxygen atoms in total. The molecule has 1 aromatic carbocycles. The molecule has 1 aliphatic heterocycles. The Morgan fingerprint density at radius 3 is 2.42 bits per heavy atom. The number of carbonyl (C=O) groups is 3. The van der Waals surface area contributed by atoms with Crippen molar-refractivity contribution in [3.05, 3.63) is 59.5 Å². The number of hydrogen-bond acceptors (Lipinski definition) is 5. The normalized spacial score (nSPS) is 21.8. The Labute approximate surface area is 154 Å². The number of imide groups is 1. The van der Waals surface area contributed by atoms with Crippen molar-refractivity contribution in [3.8, 4) is 5.75 Å². The molecular weight excluding hydrogens is 358 g/mol. The quantitative estimate of drug-likeness (QED) is 0.356. The molecule has 0 spiro atoms. The van der Waals surface area contributed by atoms with E-state index in [1.54, 1.807) is 6.07 Å². The van der Waals surface area contributed by atoms with E-state index in [-0.39, 0.29) is 40.8 Å². The van der Waals surface area contributed by atoms with Crippen LogP contribution in [0.5, 0.6) is 5.75 Å². The van der Waals surface area contributed by atoms with Gasteiger partial charge in [-0.2, -0.15) is 0 Å². The number of amides is 2. The van der Waals surface area contributed by atoms with Crippen molar-refractivity contribution >= 4 is 35.1 Å². The van der Waals surface area contributed by atoms with Gasteiger partial charge in [0.2, 0.25) is 17.6 Å². The first-order chi connectivity index (χ1) is 12.6. The zero-order chi connectivity index (χ0) is 18.3. The second kappa shape index (κ2) is 6.46. The van der Waals surface area contributed by atoms with E-state index in [1.165, 1.54) is 30.5 Å². The number of carbonyl (C=O) groups excluding carboxylic acids is 3. The van der Waals surface area contributed by atoms with E-state index >= 15 is 0 Å². The van der Waals surface area contributed by atoms with Crippen LogP contribution < -0.4 is 9.64 Å². The Morgan fingerprint density at radius 1 is 1.12 bits per heavy atom. The van der Waals surface area contributed by atoms with Crippen LogP contribution in [0.3, 0.4) is 0 Å². The van der Waals surface area contributed by atoms with Gasteiger partial charge >= 0.3 is 5.97 Å². The summed E-state index contributed by atoms with van der Waals surface area (Å²) in [5, 5.41) is 0.325. The minimum absolute atomic E-state index is 0.0165. The van der Waals surface area contributed by atoms with E-state index in [4.69, 9.17) is 20.8 Å². The van der Waals surface area contributed by atoms with Crippen LogP contribution in [-0.2, 0) is 9.59 Å².